The summed E-state index contributed by atoms with van der Waals surface area (Å²) in [5.74, 6) is 0.269. The van der Waals surface area contributed by atoms with Crippen molar-refractivity contribution in [3.63, 3.8) is 0 Å². The van der Waals surface area contributed by atoms with Crippen LogP contribution >= 0.6 is 22.7 Å². The number of primary amides is 1. The zero-order valence-corrected chi connectivity index (χ0v) is 17.7. The summed E-state index contributed by atoms with van der Waals surface area (Å²) in [6.07, 6.45) is 1.58. The molecule has 0 atom stereocenters. The molecule has 148 valence electrons. The van der Waals surface area contributed by atoms with Crippen LogP contribution in [0.5, 0.6) is 0 Å². The maximum absolute atomic E-state index is 13.7. The van der Waals surface area contributed by atoms with Gasteiger partial charge in [0.1, 0.15) is 10.7 Å². The van der Waals surface area contributed by atoms with E-state index in [1.165, 1.54) is 4.88 Å². The van der Waals surface area contributed by atoms with E-state index in [1.54, 1.807) is 27.2 Å². The topological polar surface area (TPSA) is 78.0 Å². The van der Waals surface area contributed by atoms with Crippen LogP contribution in [0.15, 0.2) is 52.6 Å². The molecule has 0 saturated carbocycles. The lowest BCUT2D eigenvalue weighted by molar-refractivity contribution is -0.118. The number of amides is 1. The van der Waals surface area contributed by atoms with Crippen molar-refractivity contribution in [3.05, 3.63) is 63.1 Å². The second kappa shape index (κ2) is 8.31. The van der Waals surface area contributed by atoms with Crippen molar-refractivity contribution in [3.8, 4) is 21.8 Å². The molecule has 2 N–H and O–H groups in total. The molecule has 1 amide bonds. The van der Waals surface area contributed by atoms with Gasteiger partial charge in [0.25, 0.3) is 5.56 Å². The number of benzene rings is 1. The van der Waals surface area contributed by atoms with Gasteiger partial charge in [-0.15, -0.1) is 22.7 Å². The number of carbonyl (C=O) groups excluding carboxylic acids is 1. The summed E-state index contributed by atoms with van der Waals surface area (Å²) in [5, 5.41) is 2.70. The second-order valence-electron chi connectivity index (χ2n) is 6.74. The average molecular weight is 424 g/mol. The molecule has 0 fully saturated rings. The predicted molar refractivity (Wildman–Crippen MR) is 120 cm³/mol. The van der Waals surface area contributed by atoms with E-state index < -0.39 is 0 Å². The van der Waals surface area contributed by atoms with E-state index >= 15 is 0 Å². The first-order chi connectivity index (χ1) is 14.1. The molecule has 0 aliphatic carbocycles. The second-order valence-corrected chi connectivity index (χ2v) is 8.77. The number of aryl methyl sites for hydroxylation is 1. The highest BCUT2D eigenvalue weighted by atomic mass is 32.1. The Kier molecular flexibility index (Phi) is 5.60. The number of hydrogen-bond donors (Lipinski definition) is 1. The van der Waals surface area contributed by atoms with E-state index in [0.717, 1.165) is 27.3 Å². The highest BCUT2D eigenvalue weighted by molar-refractivity contribution is 7.20. The number of rotatable bonds is 7. The first-order valence-electron chi connectivity index (χ1n) is 9.54. The minimum Gasteiger partial charge on any atom is -0.370 e. The van der Waals surface area contributed by atoms with Crippen molar-refractivity contribution in [2.24, 2.45) is 5.73 Å². The van der Waals surface area contributed by atoms with Crippen LogP contribution in [0, 0.1) is 0 Å². The van der Waals surface area contributed by atoms with Crippen LogP contribution in [0.3, 0.4) is 0 Å². The van der Waals surface area contributed by atoms with E-state index in [2.05, 4.69) is 6.92 Å². The third-order valence-electron chi connectivity index (χ3n) is 4.81. The first kappa shape index (κ1) is 19.5. The molecule has 3 aromatic heterocycles. The summed E-state index contributed by atoms with van der Waals surface area (Å²) in [7, 11) is 0. The molecule has 0 radical (unpaired) electrons. The zero-order chi connectivity index (χ0) is 20.4. The monoisotopic (exact) mass is 423 g/mol. The standard InChI is InChI=1S/C22H21N3O2S2/c1-2-15-18(16-10-7-13-28-16)19-21(29-15)24-20(14-8-4-3-5-9-14)25(22(19)27)12-6-11-17(23)26/h3-5,7-10,13H,2,6,11-12H2,1H3,(H2,23,26). The van der Waals surface area contributed by atoms with E-state index in [9.17, 15) is 9.59 Å². The minimum atomic E-state index is -0.364. The zero-order valence-electron chi connectivity index (χ0n) is 16.1. The lowest BCUT2D eigenvalue weighted by Crippen LogP contribution is -2.24. The third kappa shape index (κ3) is 3.75. The average Bonchev–Trinajstić information content (AvgIpc) is 3.37. The van der Waals surface area contributed by atoms with Crippen LogP contribution in [-0.2, 0) is 17.8 Å². The van der Waals surface area contributed by atoms with E-state index in [1.807, 2.05) is 47.8 Å². The Bertz CT molecular complexity index is 1210. The molecule has 0 saturated heterocycles. The predicted octanol–water partition coefficient (Wildman–Crippen LogP) is 4.68. The van der Waals surface area contributed by atoms with Crippen molar-refractivity contribution in [1.82, 2.24) is 9.55 Å². The van der Waals surface area contributed by atoms with Gasteiger partial charge in [0, 0.05) is 33.8 Å². The fourth-order valence-corrected chi connectivity index (χ4v) is 5.47. The molecule has 7 heteroatoms. The van der Waals surface area contributed by atoms with Crippen molar-refractivity contribution in [2.45, 2.75) is 32.7 Å². The van der Waals surface area contributed by atoms with Gasteiger partial charge in [0.2, 0.25) is 5.91 Å². The van der Waals surface area contributed by atoms with Crippen molar-refractivity contribution < 1.29 is 4.79 Å². The largest absolute Gasteiger partial charge is 0.370 e. The van der Waals surface area contributed by atoms with Gasteiger partial charge in [-0.3, -0.25) is 14.2 Å². The highest BCUT2D eigenvalue weighted by Crippen LogP contribution is 2.39. The molecule has 0 bridgehead atoms. The summed E-state index contributed by atoms with van der Waals surface area (Å²) in [5.41, 5.74) is 7.13. The van der Waals surface area contributed by atoms with Gasteiger partial charge in [-0.1, -0.05) is 43.3 Å². The fourth-order valence-electron chi connectivity index (χ4n) is 3.49. The first-order valence-corrected chi connectivity index (χ1v) is 11.2. The van der Waals surface area contributed by atoms with Crippen LogP contribution in [0.2, 0.25) is 0 Å². The maximum atomic E-state index is 13.7. The van der Waals surface area contributed by atoms with E-state index in [4.69, 9.17) is 10.7 Å². The van der Waals surface area contributed by atoms with Gasteiger partial charge in [0.05, 0.1) is 5.39 Å². The summed E-state index contributed by atoms with van der Waals surface area (Å²) >= 11 is 3.22. The summed E-state index contributed by atoms with van der Waals surface area (Å²) in [4.78, 5) is 32.8. The number of nitrogens with two attached hydrogens (primary N) is 1. The Morgan fingerprint density at radius 3 is 2.62 bits per heavy atom. The van der Waals surface area contributed by atoms with Gasteiger partial charge in [0.15, 0.2) is 0 Å². The number of fused-ring (bicyclic) bond motifs is 1. The van der Waals surface area contributed by atoms with Crippen molar-refractivity contribution >= 4 is 38.8 Å². The Morgan fingerprint density at radius 1 is 1.17 bits per heavy atom. The van der Waals surface area contributed by atoms with Crippen LogP contribution < -0.4 is 11.3 Å². The Balaban J connectivity index is 1.97. The van der Waals surface area contributed by atoms with Crippen molar-refractivity contribution in [1.29, 1.82) is 0 Å². The van der Waals surface area contributed by atoms with Gasteiger partial charge >= 0.3 is 0 Å². The molecule has 29 heavy (non-hydrogen) atoms. The van der Waals surface area contributed by atoms with E-state index in [0.29, 0.717) is 24.2 Å². The maximum Gasteiger partial charge on any atom is 0.263 e. The molecule has 0 unspecified atom stereocenters. The van der Waals surface area contributed by atoms with Crippen LogP contribution in [0.25, 0.3) is 32.0 Å². The molecule has 1 aromatic carbocycles. The molecule has 4 aromatic rings. The van der Waals surface area contributed by atoms with Crippen LogP contribution in [0.1, 0.15) is 24.6 Å². The number of nitrogens with zero attached hydrogens (tertiary/aromatic N) is 2. The quantitative estimate of drug-likeness (QED) is 0.469. The molecule has 0 aliphatic heterocycles. The normalized spacial score (nSPS) is 11.2. The van der Waals surface area contributed by atoms with Gasteiger partial charge in [-0.05, 0) is 24.3 Å². The summed E-state index contributed by atoms with van der Waals surface area (Å²) < 4.78 is 1.70. The molecular weight excluding hydrogens is 402 g/mol. The van der Waals surface area contributed by atoms with E-state index in [-0.39, 0.29) is 17.9 Å². The number of carbonyl (C=O) groups is 1. The molecule has 0 spiro atoms. The molecule has 3 heterocycles. The smallest absolute Gasteiger partial charge is 0.263 e. The van der Waals surface area contributed by atoms with Crippen LogP contribution in [-0.4, -0.2) is 15.5 Å². The third-order valence-corrected chi connectivity index (χ3v) is 6.93. The Hall–Kier alpha value is -2.77. The molecular formula is C22H21N3O2S2. The van der Waals surface area contributed by atoms with Crippen LogP contribution in [0.4, 0.5) is 0 Å². The molecule has 5 nitrogen and oxygen atoms in total. The van der Waals surface area contributed by atoms with Gasteiger partial charge < -0.3 is 5.73 Å². The molecule has 4 rings (SSSR count). The summed E-state index contributed by atoms with van der Waals surface area (Å²) in [6.45, 7) is 2.50. The fraction of sp³-hybridized carbons (Fsp3) is 0.227. The van der Waals surface area contributed by atoms with Gasteiger partial charge in [-0.2, -0.15) is 0 Å². The Labute approximate surface area is 176 Å². The summed E-state index contributed by atoms with van der Waals surface area (Å²) in [6, 6.07) is 13.8. The van der Waals surface area contributed by atoms with Crippen molar-refractivity contribution in [2.75, 3.05) is 0 Å². The lowest BCUT2D eigenvalue weighted by atomic mass is 10.1. The molecule has 0 aliphatic rings. The number of thiophene rings is 2. The lowest BCUT2D eigenvalue weighted by Gasteiger charge is -2.12. The number of aromatic nitrogens is 2. The highest BCUT2D eigenvalue weighted by Gasteiger charge is 2.21. The minimum absolute atomic E-state index is 0.0577. The Morgan fingerprint density at radius 2 is 1.97 bits per heavy atom. The van der Waals surface area contributed by atoms with Gasteiger partial charge in [-0.25, -0.2) is 4.98 Å². The SMILES string of the molecule is CCc1sc2nc(-c3ccccc3)n(CCCC(N)=O)c(=O)c2c1-c1cccs1. The number of hydrogen-bond acceptors (Lipinski definition) is 5.